The van der Waals surface area contributed by atoms with Gasteiger partial charge in [0, 0.05) is 25.5 Å². The summed E-state index contributed by atoms with van der Waals surface area (Å²) in [5, 5.41) is 7.79. The highest BCUT2D eigenvalue weighted by atomic mass is 32.1. The molecule has 0 unspecified atom stereocenters. The zero-order valence-corrected chi connectivity index (χ0v) is 14.7. The molecule has 0 amide bonds. The molecule has 0 fully saturated rings. The fourth-order valence-corrected chi connectivity index (χ4v) is 2.29. The molecule has 0 heterocycles. The minimum atomic E-state index is 0.470. The third kappa shape index (κ3) is 5.07. The Kier molecular flexibility index (Phi) is 5.71. The van der Waals surface area contributed by atoms with E-state index in [0.29, 0.717) is 5.11 Å². The molecule has 2 aromatic rings. The number of aryl methyl sites for hydroxylation is 2. The van der Waals surface area contributed by atoms with Crippen LogP contribution in [-0.2, 0) is 0 Å². The van der Waals surface area contributed by atoms with Crippen molar-refractivity contribution in [2.45, 2.75) is 13.8 Å². The fourth-order valence-electron chi connectivity index (χ4n) is 2.13. The Balaban J connectivity index is 1.90. The normalized spacial score (nSPS) is 10.6. The van der Waals surface area contributed by atoms with Crippen LogP contribution in [0.15, 0.2) is 47.6 Å². The quantitative estimate of drug-likeness (QED) is 0.511. The molecular formula is C18H22N4S. The lowest BCUT2D eigenvalue weighted by Crippen LogP contribution is -2.24. The molecule has 5 heteroatoms. The van der Waals surface area contributed by atoms with Crippen LogP contribution in [0.3, 0.4) is 0 Å². The van der Waals surface area contributed by atoms with Crippen molar-refractivity contribution in [1.82, 2.24) is 5.43 Å². The number of benzene rings is 2. The molecule has 0 radical (unpaired) electrons. The van der Waals surface area contributed by atoms with Gasteiger partial charge in [-0.25, -0.2) is 0 Å². The van der Waals surface area contributed by atoms with Crippen molar-refractivity contribution in [2.75, 3.05) is 24.3 Å². The fraction of sp³-hybridized carbons (Fsp3) is 0.222. The van der Waals surface area contributed by atoms with Gasteiger partial charge in [-0.3, -0.25) is 5.43 Å². The summed E-state index contributed by atoms with van der Waals surface area (Å²) in [6.45, 7) is 4.12. The van der Waals surface area contributed by atoms with Gasteiger partial charge in [0.1, 0.15) is 0 Å². The highest BCUT2D eigenvalue weighted by molar-refractivity contribution is 7.80. The molecule has 23 heavy (non-hydrogen) atoms. The van der Waals surface area contributed by atoms with Crippen molar-refractivity contribution in [2.24, 2.45) is 5.10 Å². The first-order valence-corrected chi connectivity index (χ1v) is 7.81. The summed E-state index contributed by atoms with van der Waals surface area (Å²) >= 11 is 5.26. The molecule has 0 atom stereocenters. The van der Waals surface area contributed by atoms with Gasteiger partial charge < -0.3 is 10.2 Å². The average molecular weight is 326 g/mol. The second-order valence-corrected chi connectivity index (χ2v) is 6.04. The third-order valence-corrected chi connectivity index (χ3v) is 3.61. The van der Waals surface area contributed by atoms with Crippen LogP contribution in [0.4, 0.5) is 11.4 Å². The summed E-state index contributed by atoms with van der Waals surface area (Å²) in [5.74, 6) is 0. The topological polar surface area (TPSA) is 39.7 Å². The zero-order valence-electron chi connectivity index (χ0n) is 13.9. The van der Waals surface area contributed by atoms with E-state index in [1.54, 1.807) is 6.21 Å². The predicted octanol–water partition coefficient (Wildman–Crippen LogP) is 3.69. The molecule has 0 aromatic heterocycles. The maximum Gasteiger partial charge on any atom is 0.191 e. The molecule has 2 N–H and O–H groups in total. The summed E-state index contributed by atoms with van der Waals surface area (Å²) < 4.78 is 0. The molecule has 2 aromatic carbocycles. The summed E-state index contributed by atoms with van der Waals surface area (Å²) in [6, 6.07) is 14.3. The lowest BCUT2D eigenvalue weighted by atomic mass is 10.1. The number of anilines is 2. The monoisotopic (exact) mass is 326 g/mol. The number of hydrazone groups is 1. The molecule has 0 aliphatic rings. The van der Waals surface area contributed by atoms with Gasteiger partial charge in [-0.15, -0.1) is 0 Å². The summed E-state index contributed by atoms with van der Waals surface area (Å²) in [5.41, 5.74) is 8.37. The lowest BCUT2D eigenvalue weighted by molar-refractivity contribution is 1.05. The number of hydrogen-bond acceptors (Lipinski definition) is 3. The lowest BCUT2D eigenvalue weighted by Gasteiger charge is -2.12. The Labute approximate surface area is 143 Å². The largest absolute Gasteiger partial charge is 0.378 e. The van der Waals surface area contributed by atoms with Gasteiger partial charge in [0.25, 0.3) is 0 Å². The van der Waals surface area contributed by atoms with E-state index in [9.17, 15) is 0 Å². The molecule has 0 aliphatic carbocycles. The number of hydrogen-bond donors (Lipinski definition) is 2. The Hall–Kier alpha value is -2.40. The van der Waals surface area contributed by atoms with Crippen molar-refractivity contribution in [3.05, 3.63) is 59.2 Å². The van der Waals surface area contributed by atoms with Gasteiger partial charge in [0.15, 0.2) is 5.11 Å². The number of nitrogens with zero attached hydrogens (tertiary/aromatic N) is 2. The third-order valence-electron chi connectivity index (χ3n) is 3.42. The maximum atomic E-state index is 5.26. The Bertz CT molecular complexity index is 705. The highest BCUT2D eigenvalue weighted by Gasteiger charge is 2.00. The van der Waals surface area contributed by atoms with Crippen molar-refractivity contribution >= 4 is 34.9 Å². The molecule has 0 saturated carbocycles. The maximum absolute atomic E-state index is 5.26. The minimum absolute atomic E-state index is 0.470. The van der Waals surface area contributed by atoms with E-state index >= 15 is 0 Å². The molecule has 0 saturated heterocycles. The number of nitrogens with one attached hydrogen (secondary N) is 2. The first kappa shape index (κ1) is 17.0. The highest BCUT2D eigenvalue weighted by Crippen LogP contribution is 2.15. The molecule has 4 nitrogen and oxygen atoms in total. The first-order chi connectivity index (χ1) is 11.0. The van der Waals surface area contributed by atoms with Crippen LogP contribution in [0.2, 0.25) is 0 Å². The van der Waals surface area contributed by atoms with Crippen LogP contribution < -0.4 is 15.6 Å². The molecular weight excluding hydrogens is 304 g/mol. The van der Waals surface area contributed by atoms with Crippen LogP contribution >= 0.6 is 12.2 Å². The molecule has 0 aliphatic heterocycles. The molecule has 120 valence electrons. The predicted molar refractivity (Wildman–Crippen MR) is 104 cm³/mol. The van der Waals surface area contributed by atoms with E-state index < -0.39 is 0 Å². The van der Waals surface area contributed by atoms with Crippen LogP contribution in [0, 0.1) is 13.8 Å². The summed E-state index contributed by atoms with van der Waals surface area (Å²) in [7, 11) is 4.03. The van der Waals surface area contributed by atoms with Gasteiger partial charge in [-0.2, -0.15) is 5.10 Å². The smallest absolute Gasteiger partial charge is 0.191 e. The van der Waals surface area contributed by atoms with E-state index in [1.807, 2.05) is 57.4 Å². The second-order valence-electron chi connectivity index (χ2n) is 5.63. The van der Waals surface area contributed by atoms with Crippen molar-refractivity contribution in [1.29, 1.82) is 0 Å². The van der Waals surface area contributed by atoms with Gasteiger partial charge in [-0.05, 0) is 55.4 Å². The van der Waals surface area contributed by atoms with Crippen molar-refractivity contribution < 1.29 is 0 Å². The van der Waals surface area contributed by atoms with Crippen molar-refractivity contribution in [3.8, 4) is 0 Å². The van der Waals surface area contributed by atoms with E-state index in [-0.39, 0.29) is 0 Å². The molecule has 0 bridgehead atoms. The average Bonchev–Trinajstić information content (AvgIpc) is 2.50. The van der Waals surface area contributed by atoms with Crippen LogP contribution in [0.25, 0.3) is 0 Å². The Morgan fingerprint density at radius 3 is 2.39 bits per heavy atom. The van der Waals surface area contributed by atoms with Gasteiger partial charge in [0.2, 0.25) is 0 Å². The van der Waals surface area contributed by atoms with Gasteiger partial charge in [0.05, 0.1) is 6.21 Å². The van der Waals surface area contributed by atoms with E-state index in [4.69, 9.17) is 12.2 Å². The summed E-state index contributed by atoms with van der Waals surface area (Å²) in [6.07, 6.45) is 1.75. The first-order valence-electron chi connectivity index (χ1n) is 7.40. The Morgan fingerprint density at radius 2 is 1.78 bits per heavy atom. The van der Waals surface area contributed by atoms with E-state index in [0.717, 1.165) is 22.5 Å². The SMILES string of the molecule is Cc1ccc(NC(=S)N/N=C/c2ccc(N(C)C)cc2)c(C)c1. The van der Waals surface area contributed by atoms with E-state index in [2.05, 4.69) is 33.7 Å². The van der Waals surface area contributed by atoms with Crippen LogP contribution in [0.5, 0.6) is 0 Å². The van der Waals surface area contributed by atoms with Gasteiger partial charge in [-0.1, -0.05) is 29.8 Å². The number of rotatable bonds is 4. The van der Waals surface area contributed by atoms with Crippen molar-refractivity contribution in [3.63, 3.8) is 0 Å². The standard InChI is InChI=1S/C18H22N4S/c1-13-5-10-17(14(2)11-13)20-18(23)21-19-12-15-6-8-16(9-7-15)22(3)4/h5-12H,1-4H3,(H2,20,21,23)/b19-12+. The molecule has 0 spiro atoms. The van der Waals surface area contributed by atoms with E-state index in [1.165, 1.54) is 5.56 Å². The zero-order chi connectivity index (χ0) is 16.8. The Morgan fingerprint density at radius 1 is 1.09 bits per heavy atom. The van der Waals surface area contributed by atoms with Crippen LogP contribution in [-0.4, -0.2) is 25.4 Å². The van der Waals surface area contributed by atoms with Crippen LogP contribution in [0.1, 0.15) is 16.7 Å². The number of thiocarbonyl (C=S) groups is 1. The molecule has 2 rings (SSSR count). The summed E-state index contributed by atoms with van der Waals surface area (Å²) in [4.78, 5) is 2.06. The second kappa shape index (κ2) is 7.74. The minimum Gasteiger partial charge on any atom is -0.378 e. The van der Waals surface area contributed by atoms with Gasteiger partial charge >= 0.3 is 0 Å².